The molecule has 1 aromatic carbocycles. The number of carbonyl (C=O) groups is 2. The Morgan fingerprint density at radius 2 is 1.77 bits per heavy atom. The second-order valence-corrected chi connectivity index (χ2v) is 18.8. The predicted octanol–water partition coefficient (Wildman–Crippen LogP) is 6.36. The predicted molar refractivity (Wildman–Crippen MR) is 167 cm³/mol. The average Bonchev–Trinajstić information content (AvgIpc) is 3.66. The highest BCUT2D eigenvalue weighted by atomic mass is 28.3. The van der Waals surface area contributed by atoms with Gasteiger partial charge in [0, 0.05) is 33.5 Å². The van der Waals surface area contributed by atoms with Crippen LogP contribution in [0.25, 0.3) is 0 Å². The van der Waals surface area contributed by atoms with E-state index in [0.717, 1.165) is 34.0 Å². The highest BCUT2D eigenvalue weighted by molar-refractivity contribution is 6.76. The number of benzene rings is 1. The summed E-state index contributed by atoms with van der Waals surface area (Å²) < 4.78 is 84.9. The van der Waals surface area contributed by atoms with Gasteiger partial charge in [-0.15, -0.1) is 0 Å². The fraction of sp³-hybridized carbons (Fsp3) is 0.562. The van der Waals surface area contributed by atoms with Gasteiger partial charge < -0.3 is 19.5 Å². The van der Waals surface area contributed by atoms with Crippen LogP contribution in [0.2, 0.25) is 25.7 Å². The molecule has 1 saturated carbocycles. The molecule has 0 bridgehead atoms. The summed E-state index contributed by atoms with van der Waals surface area (Å²) in [5.74, 6) is -3.85. The van der Waals surface area contributed by atoms with Crippen LogP contribution in [0.3, 0.4) is 0 Å². The molecule has 1 aliphatic rings. The van der Waals surface area contributed by atoms with Crippen LogP contribution in [0.15, 0.2) is 36.7 Å². The lowest BCUT2D eigenvalue weighted by molar-refractivity contribution is -0.151. The summed E-state index contributed by atoms with van der Waals surface area (Å²) in [6, 6.07) is 4.24. The van der Waals surface area contributed by atoms with Crippen LogP contribution in [0.1, 0.15) is 72.1 Å². The zero-order valence-corrected chi connectivity index (χ0v) is 28.5. The second-order valence-electron chi connectivity index (χ2n) is 13.2. The van der Waals surface area contributed by atoms with Crippen LogP contribution in [-0.4, -0.2) is 69.3 Å². The van der Waals surface area contributed by atoms with Gasteiger partial charge in [-0.1, -0.05) is 19.6 Å². The second kappa shape index (κ2) is 15.7. The number of aromatic nitrogens is 4. The van der Waals surface area contributed by atoms with Crippen molar-refractivity contribution in [3.8, 4) is 0 Å². The number of aliphatic hydroxyl groups is 1. The molecule has 48 heavy (non-hydrogen) atoms. The monoisotopic (exact) mass is 699 g/mol. The summed E-state index contributed by atoms with van der Waals surface area (Å²) in [6.45, 7) is 8.09. The molecule has 3 aromatic rings. The molecule has 264 valence electrons. The maximum Gasteiger partial charge on any atom is 0.433 e. The normalized spacial score (nSPS) is 17.7. The van der Waals surface area contributed by atoms with E-state index in [0.29, 0.717) is 25.5 Å². The molecule has 0 saturated heterocycles. The number of nitrogens with zero attached hydrogens (tertiary/aromatic N) is 5. The molecular weight excluding hydrogens is 657 g/mol. The highest BCUT2D eigenvalue weighted by Crippen LogP contribution is 2.39. The number of ether oxygens (including phenoxy) is 2. The number of halogens is 5. The van der Waals surface area contributed by atoms with E-state index in [-0.39, 0.29) is 37.4 Å². The molecule has 1 aliphatic carbocycles. The molecule has 1 N–H and O–H groups in total. The first-order valence-corrected chi connectivity index (χ1v) is 19.6. The number of hydrogen-bond donors (Lipinski definition) is 1. The topological polar surface area (TPSA) is 112 Å². The van der Waals surface area contributed by atoms with Crippen molar-refractivity contribution in [2.24, 2.45) is 5.92 Å². The van der Waals surface area contributed by atoms with E-state index in [2.05, 4.69) is 29.8 Å². The summed E-state index contributed by atoms with van der Waals surface area (Å²) in [4.78, 5) is 26.9. The van der Waals surface area contributed by atoms with Gasteiger partial charge in [-0.25, -0.2) is 13.5 Å². The van der Waals surface area contributed by atoms with Crippen molar-refractivity contribution in [1.82, 2.24) is 24.5 Å². The Morgan fingerprint density at radius 3 is 2.38 bits per heavy atom. The number of carbonyl (C=O) groups excluding carboxylic acids is 2. The van der Waals surface area contributed by atoms with E-state index in [9.17, 15) is 36.6 Å². The number of hydrogen-bond acceptors (Lipinski definition) is 7. The molecule has 16 heteroatoms. The van der Waals surface area contributed by atoms with Crippen molar-refractivity contribution < 1.29 is 46.1 Å². The third-order valence-corrected chi connectivity index (χ3v) is 9.86. The maximum atomic E-state index is 14.6. The largest absolute Gasteiger partial charge is 0.466 e. The molecule has 10 nitrogen and oxygen atoms in total. The van der Waals surface area contributed by atoms with Gasteiger partial charge in [0.15, 0.2) is 5.69 Å². The first-order valence-electron chi connectivity index (χ1n) is 15.9. The van der Waals surface area contributed by atoms with Crippen molar-refractivity contribution >= 4 is 20.0 Å². The smallest absolute Gasteiger partial charge is 0.433 e. The van der Waals surface area contributed by atoms with Gasteiger partial charge in [0.25, 0.3) is 5.91 Å². The Kier molecular flexibility index (Phi) is 12.2. The van der Waals surface area contributed by atoms with E-state index >= 15 is 0 Å². The van der Waals surface area contributed by atoms with E-state index in [1.807, 2.05) is 0 Å². The van der Waals surface area contributed by atoms with Gasteiger partial charge >= 0.3 is 12.1 Å². The Balaban J connectivity index is 1.58. The molecule has 2 heterocycles. The third-order valence-electron chi connectivity index (χ3n) is 8.16. The van der Waals surface area contributed by atoms with Crippen LogP contribution >= 0.6 is 0 Å². The number of rotatable bonds is 14. The van der Waals surface area contributed by atoms with Crippen LogP contribution in [-0.2, 0) is 33.7 Å². The van der Waals surface area contributed by atoms with Crippen LogP contribution in [0, 0.1) is 17.6 Å². The van der Waals surface area contributed by atoms with Gasteiger partial charge in [0.05, 0.1) is 42.6 Å². The third kappa shape index (κ3) is 9.95. The Labute approximate surface area is 276 Å². The lowest BCUT2D eigenvalue weighted by Crippen LogP contribution is -2.36. The first-order chi connectivity index (χ1) is 22.6. The van der Waals surface area contributed by atoms with Gasteiger partial charge in [-0.05, 0) is 62.4 Å². The molecule has 2 aromatic heterocycles. The fourth-order valence-electron chi connectivity index (χ4n) is 5.67. The lowest BCUT2D eigenvalue weighted by atomic mass is 9.86. The Bertz CT molecular complexity index is 1530. The minimum Gasteiger partial charge on any atom is -0.466 e. The molecule has 1 fully saturated rings. The minimum atomic E-state index is -5.00. The summed E-state index contributed by atoms with van der Waals surface area (Å²) in [6.07, 6.45) is -3.08. The minimum absolute atomic E-state index is 0.0346. The molecular formula is C32H42F5N5O5Si. The van der Waals surface area contributed by atoms with Crippen molar-refractivity contribution in [2.75, 3.05) is 19.8 Å². The molecule has 0 radical (unpaired) electrons. The molecule has 1 amide bonds. The van der Waals surface area contributed by atoms with Crippen LogP contribution < -0.4 is 0 Å². The number of esters is 1. The summed E-state index contributed by atoms with van der Waals surface area (Å²) in [5.41, 5.74) is -1.97. The van der Waals surface area contributed by atoms with Gasteiger partial charge in [0.1, 0.15) is 24.5 Å². The number of amides is 1. The van der Waals surface area contributed by atoms with Gasteiger partial charge in [-0.2, -0.15) is 23.4 Å². The average molecular weight is 700 g/mol. The Morgan fingerprint density at radius 1 is 1.10 bits per heavy atom. The van der Waals surface area contributed by atoms with Crippen molar-refractivity contribution in [2.45, 2.75) is 89.9 Å². The van der Waals surface area contributed by atoms with Crippen molar-refractivity contribution in [3.05, 3.63) is 70.8 Å². The first kappa shape index (κ1) is 37.2. The molecule has 1 unspecified atom stereocenters. The SMILES string of the molecule is CCOC(=O)C1CCC(n2ncc(C(=O)N(Cc3cc(F)cc(F)c3)CC(O)c3ccn(COCC[Si](C)(C)C)n3)c2C(F)(F)F)CC1. The number of alkyl halides is 3. The summed E-state index contributed by atoms with van der Waals surface area (Å²) in [5, 5.41) is 19.3. The summed E-state index contributed by atoms with van der Waals surface area (Å²) >= 11 is 0. The van der Waals surface area contributed by atoms with E-state index in [1.165, 1.54) is 10.7 Å². The van der Waals surface area contributed by atoms with E-state index in [1.54, 1.807) is 13.1 Å². The van der Waals surface area contributed by atoms with Crippen LogP contribution in [0.4, 0.5) is 22.0 Å². The standard InChI is InChI=1S/C32H42F5N5O5Si/c1-5-47-31(45)22-6-8-25(9-7-22)42-29(32(35,36)37)26(17-38-42)30(44)40(18-21-14-23(33)16-24(34)15-21)19-28(43)27-10-11-41(39-27)20-46-12-13-48(2,3)4/h10-11,14-17,22,25,28,43H,5-9,12-13,18-20H2,1-4H3. The van der Waals surface area contributed by atoms with Crippen LogP contribution in [0.5, 0.6) is 0 Å². The molecule has 0 spiro atoms. The summed E-state index contributed by atoms with van der Waals surface area (Å²) in [7, 11) is -1.31. The van der Waals surface area contributed by atoms with E-state index in [4.69, 9.17) is 9.47 Å². The zero-order chi connectivity index (χ0) is 35.2. The molecule has 4 rings (SSSR count). The van der Waals surface area contributed by atoms with E-state index < -0.39 is 80.2 Å². The quantitative estimate of drug-likeness (QED) is 0.0903. The van der Waals surface area contributed by atoms with Gasteiger partial charge in [-0.3, -0.25) is 14.3 Å². The molecule has 0 aliphatic heterocycles. The number of aliphatic hydroxyl groups excluding tert-OH is 1. The highest BCUT2D eigenvalue weighted by Gasteiger charge is 2.43. The zero-order valence-electron chi connectivity index (χ0n) is 27.5. The van der Waals surface area contributed by atoms with Crippen molar-refractivity contribution in [1.29, 1.82) is 0 Å². The molecule has 1 atom stereocenters. The van der Waals surface area contributed by atoms with Gasteiger partial charge in [0.2, 0.25) is 0 Å². The lowest BCUT2D eigenvalue weighted by Gasteiger charge is -2.29. The maximum absolute atomic E-state index is 14.6. The fourth-order valence-corrected chi connectivity index (χ4v) is 6.43. The van der Waals surface area contributed by atoms with Crippen molar-refractivity contribution in [3.63, 3.8) is 0 Å². The Hall–Kier alpha value is -3.63.